The molecule has 6 heteroatoms. The van der Waals surface area contributed by atoms with E-state index >= 15 is 0 Å². The first-order chi connectivity index (χ1) is 8.84. The summed E-state index contributed by atoms with van der Waals surface area (Å²) in [5.41, 5.74) is 0. The molecular formula is C13H24ClN3O2. The summed E-state index contributed by atoms with van der Waals surface area (Å²) in [6.07, 6.45) is 3.04. The highest BCUT2D eigenvalue weighted by Gasteiger charge is 2.32. The van der Waals surface area contributed by atoms with Crippen LogP contribution in [0.1, 0.15) is 19.3 Å². The van der Waals surface area contributed by atoms with Gasteiger partial charge in [-0.15, -0.1) is 12.4 Å². The van der Waals surface area contributed by atoms with Gasteiger partial charge in [-0.1, -0.05) is 0 Å². The lowest BCUT2D eigenvalue weighted by Gasteiger charge is -2.38. The van der Waals surface area contributed by atoms with Gasteiger partial charge in [0.15, 0.2) is 0 Å². The number of carbonyl (C=O) groups excluding carboxylic acids is 1. The fourth-order valence-electron chi connectivity index (χ4n) is 3.23. The van der Waals surface area contributed by atoms with E-state index in [2.05, 4.69) is 10.2 Å². The average Bonchev–Trinajstić information content (AvgIpc) is 3.11. The molecule has 0 bridgehead atoms. The van der Waals surface area contributed by atoms with E-state index in [1.165, 1.54) is 6.42 Å². The highest BCUT2D eigenvalue weighted by molar-refractivity contribution is 5.85. The van der Waals surface area contributed by atoms with Crippen LogP contribution in [-0.4, -0.2) is 73.7 Å². The minimum absolute atomic E-state index is 0. The summed E-state index contributed by atoms with van der Waals surface area (Å²) >= 11 is 0. The van der Waals surface area contributed by atoms with Crippen molar-refractivity contribution in [3.63, 3.8) is 0 Å². The van der Waals surface area contributed by atoms with Gasteiger partial charge in [0.05, 0.1) is 0 Å². The van der Waals surface area contributed by atoms with Crippen LogP contribution in [-0.2, 0) is 9.53 Å². The Kier molecular flexibility index (Phi) is 5.45. The van der Waals surface area contributed by atoms with Gasteiger partial charge >= 0.3 is 0 Å². The second kappa shape index (κ2) is 6.88. The topological polar surface area (TPSA) is 44.8 Å². The molecule has 3 aliphatic rings. The van der Waals surface area contributed by atoms with E-state index in [9.17, 15) is 4.79 Å². The second-order valence-electron chi connectivity index (χ2n) is 5.51. The van der Waals surface area contributed by atoms with Gasteiger partial charge in [-0.25, -0.2) is 0 Å². The Bertz CT molecular complexity index is 296. The highest BCUT2D eigenvalue weighted by atomic mass is 35.5. The molecule has 3 fully saturated rings. The summed E-state index contributed by atoms with van der Waals surface area (Å²) in [7, 11) is 0. The summed E-state index contributed by atoms with van der Waals surface area (Å²) in [6.45, 7) is 6.78. The number of rotatable bonds is 2. The first kappa shape index (κ1) is 15.0. The van der Waals surface area contributed by atoms with Crippen molar-refractivity contribution in [3.8, 4) is 0 Å². The number of hydrogen-bond acceptors (Lipinski definition) is 4. The van der Waals surface area contributed by atoms with Crippen LogP contribution in [0.4, 0.5) is 0 Å². The van der Waals surface area contributed by atoms with E-state index in [-0.39, 0.29) is 24.4 Å². The minimum Gasteiger partial charge on any atom is -0.368 e. The van der Waals surface area contributed by atoms with E-state index in [1.807, 2.05) is 4.90 Å². The molecular weight excluding hydrogens is 266 g/mol. The maximum absolute atomic E-state index is 12.2. The van der Waals surface area contributed by atoms with Gasteiger partial charge in [0, 0.05) is 45.4 Å². The Morgan fingerprint density at radius 3 is 2.53 bits per heavy atom. The Hall–Kier alpha value is -0.360. The third kappa shape index (κ3) is 3.40. The SMILES string of the molecule is Cl.O=C([C@@H]1CCCO1)N1CCN(C2CCNC2)CC1. The van der Waals surface area contributed by atoms with Gasteiger partial charge in [0.1, 0.15) is 6.10 Å². The summed E-state index contributed by atoms with van der Waals surface area (Å²) in [6, 6.07) is 0.685. The molecule has 0 aliphatic carbocycles. The second-order valence-corrected chi connectivity index (χ2v) is 5.51. The van der Waals surface area contributed by atoms with Gasteiger partial charge in [-0.05, 0) is 25.8 Å². The molecule has 0 spiro atoms. The first-order valence-corrected chi connectivity index (χ1v) is 7.20. The number of hydrogen-bond donors (Lipinski definition) is 1. The lowest BCUT2D eigenvalue weighted by Crippen LogP contribution is -2.54. The molecule has 0 aromatic rings. The van der Waals surface area contributed by atoms with E-state index in [0.717, 1.165) is 58.7 Å². The molecule has 5 nitrogen and oxygen atoms in total. The van der Waals surface area contributed by atoms with Crippen LogP contribution in [0, 0.1) is 0 Å². The smallest absolute Gasteiger partial charge is 0.251 e. The number of carbonyl (C=O) groups is 1. The minimum atomic E-state index is -0.148. The standard InChI is InChI=1S/C13H23N3O2.ClH/c17-13(12-2-1-9-18-12)16-7-5-15(6-8-16)11-3-4-14-10-11;/h11-12,14H,1-10H2;1H/t11?,12-;/m0./s1. The van der Waals surface area contributed by atoms with Crippen molar-refractivity contribution in [3.05, 3.63) is 0 Å². The van der Waals surface area contributed by atoms with E-state index in [4.69, 9.17) is 4.74 Å². The molecule has 19 heavy (non-hydrogen) atoms. The predicted octanol–water partition coefficient (Wildman–Crippen LogP) is 0.0933. The van der Waals surface area contributed by atoms with Crippen LogP contribution >= 0.6 is 12.4 Å². The third-order valence-electron chi connectivity index (χ3n) is 4.38. The Morgan fingerprint density at radius 1 is 1.16 bits per heavy atom. The molecule has 1 amide bonds. The number of nitrogens with one attached hydrogen (secondary N) is 1. The summed E-state index contributed by atoms with van der Waals surface area (Å²) in [5, 5.41) is 3.41. The van der Waals surface area contributed by atoms with Crippen molar-refractivity contribution in [2.45, 2.75) is 31.4 Å². The van der Waals surface area contributed by atoms with Crippen molar-refractivity contribution >= 4 is 18.3 Å². The quantitative estimate of drug-likeness (QED) is 0.783. The molecule has 110 valence electrons. The van der Waals surface area contributed by atoms with Crippen molar-refractivity contribution in [1.29, 1.82) is 0 Å². The van der Waals surface area contributed by atoms with Crippen LogP contribution in [0.15, 0.2) is 0 Å². The summed E-state index contributed by atoms with van der Waals surface area (Å²) in [4.78, 5) is 16.7. The molecule has 0 aromatic heterocycles. The third-order valence-corrected chi connectivity index (χ3v) is 4.38. The zero-order valence-corrected chi connectivity index (χ0v) is 12.2. The van der Waals surface area contributed by atoms with E-state index in [0.29, 0.717) is 6.04 Å². The molecule has 3 rings (SSSR count). The first-order valence-electron chi connectivity index (χ1n) is 7.20. The number of amides is 1. The van der Waals surface area contributed by atoms with Gasteiger partial charge in [0.2, 0.25) is 0 Å². The zero-order chi connectivity index (χ0) is 12.4. The maximum atomic E-state index is 12.2. The molecule has 3 heterocycles. The van der Waals surface area contributed by atoms with Crippen LogP contribution in [0.25, 0.3) is 0 Å². The van der Waals surface area contributed by atoms with Crippen LogP contribution < -0.4 is 5.32 Å². The van der Waals surface area contributed by atoms with Crippen molar-refractivity contribution in [1.82, 2.24) is 15.1 Å². The van der Waals surface area contributed by atoms with Crippen LogP contribution in [0.2, 0.25) is 0 Å². The molecule has 0 aromatic carbocycles. The molecule has 1 N–H and O–H groups in total. The van der Waals surface area contributed by atoms with Crippen molar-refractivity contribution < 1.29 is 9.53 Å². The van der Waals surface area contributed by atoms with Crippen molar-refractivity contribution in [2.24, 2.45) is 0 Å². The highest BCUT2D eigenvalue weighted by Crippen LogP contribution is 2.17. The summed E-state index contributed by atoms with van der Waals surface area (Å²) in [5.74, 6) is 0.219. The fourth-order valence-corrected chi connectivity index (χ4v) is 3.23. The Labute approximate surface area is 121 Å². The molecule has 3 aliphatic heterocycles. The summed E-state index contributed by atoms with van der Waals surface area (Å²) < 4.78 is 5.48. The molecule has 2 atom stereocenters. The van der Waals surface area contributed by atoms with E-state index in [1.54, 1.807) is 0 Å². The average molecular weight is 290 g/mol. The Morgan fingerprint density at radius 2 is 1.95 bits per heavy atom. The van der Waals surface area contributed by atoms with Gasteiger partial charge in [-0.3, -0.25) is 9.69 Å². The maximum Gasteiger partial charge on any atom is 0.251 e. The molecule has 0 radical (unpaired) electrons. The molecule has 3 saturated heterocycles. The molecule has 0 saturated carbocycles. The van der Waals surface area contributed by atoms with E-state index < -0.39 is 0 Å². The zero-order valence-electron chi connectivity index (χ0n) is 11.3. The number of nitrogens with zero attached hydrogens (tertiary/aromatic N) is 2. The Balaban J connectivity index is 0.00000133. The van der Waals surface area contributed by atoms with Crippen LogP contribution in [0.5, 0.6) is 0 Å². The van der Waals surface area contributed by atoms with Gasteiger partial charge in [0.25, 0.3) is 5.91 Å². The van der Waals surface area contributed by atoms with Crippen LogP contribution in [0.3, 0.4) is 0 Å². The molecule has 1 unspecified atom stereocenters. The van der Waals surface area contributed by atoms with Crippen molar-refractivity contribution in [2.75, 3.05) is 45.9 Å². The largest absolute Gasteiger partial charge is 0.368 e. The number of ether oxygens (including phenoxy) is 1. The van der Waals surface area contributed by atoms with Gasteiger partial charge < -0.3 is 15.0 Å². The fraction of sp³-hybridized carbons (Fsp3) is 0.923. The lowest BCUT2D eigenvalue weighted by molar-refractivity contribution is -0.143. The predicted molar refractivity (Wildman–Crippen MR) is 75.6 cm³/mol. The number of halogens is 1. The number of piperazine rings is 1. The monoisotopic (exact) mass is 289 g/mol. The normalized spacial score (nSPS) is 32.3. The lowest BCUT2D eigenvalue weighted by atomic mass is 10.1. The van der Waals surface area contributed by atoms with Gasteiger partial charge in [-0.2, -0.15) is 0 Å².